The summed E-state index contributed by atoms with van der Waals surface area (Å²) in [6, 6.07) is 0.183. The molecule has 120 valence electrons. The van der Waals surface area contributed by atoms with Crippen molar-refractivity contribution in [2.24, 2.45) is 5.92 Å². The number of hydrogen-bond donors (Lipinski definition) is 1. The molecule has 1 fully saturated rings. The highest BCUT2D eigenvalue weighted by Crippen LogP contribution is 2.32. The van der Waals surface area contributed by atoms with Crippen molar-refractivity contribution in [1.29, 1.82) is 0 Å². The highest BCUT2D eigenvalue weighted by Gasteiger charge is 2.38. The lowest BCUT2D eigenvalue weighted by Gasteiger charge is -2.22. The number of nitrogens with one attached hydrogen (secondary N) is 1. The largest absolute Gasteiger partial charge is 0.315 e. The minimum absolute atomic E-state index is 0.183. The second-order valence-electron chi connectivity index (χ2n) is 5.99. The Labute approximate surface area is 127 Å². The van der Waals surface area contributed by atoms with Gasteiger partial charge in [-0.2, -0.15) is 9.40 Å². The van der Waals surface area contributed by atoms with E-state index in [2.05, 4.69) is 10.4 Å². The van der Waals surface area contributed by atoms with Gasteiger partial charge in [0, 0.05) is 25.3 Å². The first-order chi connectivity index (χ1) is 9.95. The van der Waals surface area contributed by atoms with Crippen LogP contribution in [0.3, 0.4) is 0 Å². The summed E-state index contributed by atoms with van der Waals surface area (Å²) in [6.45, 7) is 9.08. The molecule has 0 unspecified atom stereocenters. The van der Waals surface area contributed by atoms with Crippen LogP contribution in [0, 0.1) is 5.92 Å². The molecule has 0 spiro atoms. The maximum atomic E-state index is 12.7. The molecular formula is C14H26N4O2S. The van der Waals surface area contributed by atoms with E-state index in [0.717, 1.165) is 25.9 Å². The Morgan fingerprint density at radius 2 is 2.19 bits per heavy atom. The van der Waals surface area contributed by atoms with Gasteiger partial charge in [0.15, 0.2) is 0 Å². The minimum atomic E-state index is -3.41. The standard InChI is InChI=1S/C14H26N4O2S/c1-4-15-7-8-17-11-14(9-16-17)21(19,20)18(10-12(2)3)13-5-6-13/h9,11-13,15H,4-8,10H2,1-3H3. The second-order valence-corrected chi connectivity index (χ2v) is 7.88. The highest BCUT2D eigenvalue weighted by molar-refractivity contribution is 7.89. The van der Waals surface area contributed by atoms with Crippen molar-refractivity contribution in [2.45, 2.75) is 51.1 Å². The third-order valence-corrected chi connectivity index (χ3v) is 5.35. The predicted octanol–water partition coefficient (Wildman–Crippen LogP) is 1.30. The molecule has 1 aromatic heterocycles. The molecule has 7 heteroatoms. The molecule has 1 saturated carbocycles. The van der Waals surface area contributed by atoms with Gasteiger partial charge in [-0.1, -0.05) is 20.8 Å². The number of likely N-dealkylation sites (N-methyl/N-ethyl adjacent to an activating group) is 1. The number of nitrogens with zero attached hydrogens (tertiary/aromatic N) is 3. The highest BCUT2D eigenvalue weighted by atomic mass is 32.2. The van der Waals surface area contributed by atoms with Crippen molar-refractivity contribution < 1.29 is 8.42 Å². The Morgan fingerprint density at radius 3 is 2.76 bits per heavy atom. The zero-order valence-electron chi connectivity index (χ0n) is 13.1. The van der Waals surface area contributed by atoms with E-state index in [0.29, 0.717) is 23.9 Å². The molecule has 2 rings (SSSR count). The third-order valence-electron chi connectivity index (χ3n) is 3.48. The first-order valence-corrected chi connectivity index (χ1v) is 9.14. The number of rotatable bonds is 9. The number of sulfonamides is 1. The molecule has 0 atom stereocenters. The quantitative estimate of drug-likeness (QED) is 0.698. The van der Waals surface area contributed by atoms with Crippen molar-refractivity contribution in [2.75, 3.05) is 19.6 Å². The Hall–Kier alpha value is -0.920. The van der Waals surface area contributed by atoms with Gasteiger partial charge in [-0.05, 0) is 25.3 Å². The van der Waals surface area contributed by atoms with E-state index in [1.165, 1.54) is 6.20 Å². The van der Waals surface area contributed by atoms with Gasteiger partial charge in [-0.15, -0.1) is 0 Å². The van der Waals surface area contributed by atoms with Gasteiger partial charge in [-0.3, -0.25) is 4.68 Å². The van der Waals surface area contributed by atoms with Gasteiger partial charge in [0.2, 0.25) is 10.0 Å². The van der Waals surface area contributed by atoms with Gasteiger partial charge >= 0.3 is 0 Å². The SMILES string of the molecule is CCNCCn1cc(S(=O)(=O)N(CC(C)C)C2CC2)cn1. The fraction of sp³-hybridized carbons (Fsp3) is 0.786. The van der Waals surface area contributed by atoms with Crippen LogP contribution in [0.4, 0.5) is 0 Å². The Bertz CT molecular complexity index is 549. The van der Waals surface area contributed by atoms with E-state index in [4.69, 9.17) is 0 Å². The van der Waals surface area contributed by atoms with Crippen LogP contribution in [0.2, 0.25) is 0 Å². The summed E-state index contributed by atoms with van der Waals surface area (Å²) < 4.78 is 28.8. The van der Waals surface area contributed by atoms with Gasteiger partial charge in [0.1, 0.15) is 4.90 Å². The fourth-order valence-electron chi connectivity index (χ4n) is 2.27. The normalized spacial score (nSPS) is 16.0. The zero-order valence-corrected chi connectivity index (χ0v) is 13.9. The molecule has 21 heavy (non-hydrogen) atoms. The number of hydrogen-bond acceptors (Lipinski definition) is 4. The average molecular weight is 314 g/mol. The molecular weight excluding hydrogens is 288 g/mol. The Kier molecular flexibility index (Phi) is 5.40. The summed E-state index contributed by atoms with van der Waals surface area (Å²) in [5.74, 6) is 0.323. The van der Waals surface area contributed by atoms with Gasteiger partial charge in [-0.25, -0.2) is 8.42 Å². The summed E-state index contributed by atoms with van der Waals surface area (Å²) in [7, 11) is -3.41. The van der Waals surface area contributed by atoms with Crippen LogP contribution in [0.5, 0.6) is 0 Å². The predicted molar refractivity (Wildman–Crippen MR) is 82.5 cm³/mol. The van der Waals surface area contributed by atoms with Gasteiger partial charge in [0.05, 0.1) is 12.7 Å². The lowest BCUT2D eigenvalue weighted by Crippen LogP contribution is -2.36. The molecule has 1 aliphatic rings. The van der Waals surface area contributed by atoms with Crippen LogP contribution in [0.25, 0.3) is 0 Å². The molecule has 0 aliphatic heterocycles. The average Bonchev–Trinajstić information content (AvgIpc) is 3.14. The molecule has 0 radical (unpaired) electrons. The van der Waals surface area contributed by atoms with Crippen molar-refractivity contribution in [3.05, 3.63) is 12.4 Å². The summed E-state index contributed by atoms with van der Waals surface area (Å²) in [5, 5.41) is 7.37. The fourth-order valence-corrected chi connectivity index (χ4v) is 4.08. The molecule has 0 aromatic carbocycles. The van der Waals surface area contributed by atoms with Crippen LogP contribution in [0.1, 0.15) is 33.6 Å². The van der Waals surface area contributed by atoms with Crippen molar-refractivity contribution >= 4 is 10.0 Å². The summed E-state index contributed by atoms with van der Waals surface area (Å²) in [6.07, 6.45) is 5.06. The Morgan fingerprint density at radius 1 is 1.48 bits per heavy atom. The van der Waals surface area contributed by atoms with Crippen LogP contribution < -0.4 is 5.32 Å². The molecule has 0 bridgehead atoms. The first-order valence-electron chi connectivity index (χ1n) is 7.70. The zero-order chi connectivity index (χ0) is 15.5. The topological polar surface area (TPSA) is 67.2 Å². The maximum Gasteiger partial charge on any atom is 0.246 e. The van der Waals surface area contributed by atoms with Crippen molar-refractivity contribution in [1.82, 2.24) is 19.4 Å². The van der Waals surface area contributed by atoms with Crippen LogP contribution in [0.15, 0.2) is 17.3 Å². The first kappa shape index (κ1) is 16.5. The molecule has 1 aromatic rings. The monoisotopic (exact) mass is 314 g/mol. The molecule has 0 amide bonds. The lowest BCUT2D eigenvalue weighted by atomic mass is 10.2. The van der Waals surface area contributed by atoms with Crippen LogP contribution in [-0.4, -0.2) is 48.2 Å². The minimum Gasteiger partial charge on any atom is -0.315 e. The smallest absolute Gasteiger partial charge is 0.246 e. The molecule has 1 heterocycles. The van der Waals surface area contributed by atoms with E-state index in [9.17, 15) is 8.42 Å². The van der Waals surface area contributed by atoms with Crippen LogP contribution >= 0.6 is 0 Å². The lowest BCUT2D eigenvalue weighted by molar-refractivity contribution is 0.360. The van der Waals surface area contributed by atoms with Crippen molar-refractivity contribution in [3.63, 3.8) is 0 Å². The Balaban J connectivity index is 2.10. The van der Waals surface area contributed by atoms with Crippen LogP contribution in [-0.2, 0) is 16.6 Å². The number of aromatic nitrogens is 2. The van der Waals surface area contributed by atoms with E-state index >= 15 is 0 Å². The van der Waals surface area contributed by atoms with E-state index in [1.807, 2.05) is 20.8 Å². The molecule has 1 aliphatic carbocycles. The second kappa shape index (κ2) is 6.89. The van der Waals surface area contributed by atoms with Gasteiger partial charge in [0.25, 0.3) is 0 Å². The van der Waals surface area contributed by atoms with Gasteiger partial charge < -0.3 is 5.32 Å². The molecule has 6 nitrogen and oxygen atoms in total. The summed E-state index contributed by atoms with van der Waals surface area (Å²) in [5.41, 5.74) is 0. The van der Waals surface area contributed by atoms with E-state index in [-0.39, 0.29) is 6.04 Å². The third kappa shape index (κ3) is 4.28. The molecule has 1 N–H and O–H groups in total. The van der Waals surface area contributed by atoms with E-state index < -0.39 is 10.0 Å². The summed E-state index contributed by atoms with van der Waals surface area (Å²) >= 11 is 0. The maximum absolute atomic E-state index is 12.7. The summed E-state index contributed by atoms with van der Waals surface area (Å²) in [4.78, 5) is 0.312. The van der Waals surface area contributed by atoms with Crippen molar-refractivity contribution in [3.8, 4) is 0 Å². The molecule has 0 saturated heterocycles. The van der Waals surface area contributed by atoms with E-state index in [1.54, 1.807) is 15.2 Å².